The Morgan fingerprint density at radius 3 is 2.67 bits per heavy atom. The van der Waals surface area contributed by atoms with E-state index < -0.39 is 5.97 Å². The average Bonchev–Trinajstić information content (AvgIpc) is 2.56. The highest BCUT2D eigenvalue weighted by molar-refractivity contribution is 5.73. The molecule has 1 aliphatic heterocycles. The van der Waals surface area contributed by atoms with E-state index in [1.165, 1.54) is 0 Å². The highest BCUT2D eigenvalue weighted by Gasteiger charge is 2.21. The molecule has 1 fully saturated rings. The lowest BCUT2D eigenvalue weighted by Crippen LogP contribution is -2.41. The SMILES string of the molecule is CCOC(=O)COc1ccc(N)c(NC2CCN(C(C)=O)CC2)c1. The maximum Gasteiger partial charge on any atom is 0.344 e. The molecule has 1 aromatic carbocycles. The largest absolute Gasteiger partial charge is 0.482 e. The van der Waals surface area contributed by atoms with Crippen molar-refractivity contribution in [2.45, 2.75) is 32.7 Å². The standard InChI is InChI=1S/C17H25N3O4/c1-3-23-17(22)11-24-14-4-5-15(18)16(10-14)19-13-6-8-20(9-7-13)12(2)21/h4-5,10,13,19H,3,6-9,11,18H2,1-2H3. The van der Waals surface area contributed by atoms with Crippen molar-refractivity contribution in [1.82, 2.24) is 4.90 Å². The molecule has 1 aromatic rings. The third-order valence-corrected chi connectivity index (χ3v) is 3.99. The Morgan fingerprint density at radius 2 is 2.04 bits per heavy atom. The molecule has 7 nitrogen and oxygen atoms in total. The number of benzene rings is 1. The molecule has 132 valence electrons. The van der Waals surface area contributed by atoms with Crippen LogP contribution in [0, 0.1) is 0 Å². The van der Waals surface area contributed by atoms with Crippen molar-refractivity contribution in [3.8, 4) is 5.75 Å². The number of likely N-dealkylation sites (tertiary alicyclic amines) is 1. The second-order valence-corrected chi connectivity index (χ2v) is 5.77. The Morgan fingerprint density at radius 1 is 1.33 bits per heavy atom. The number of carbonyl (C=O) groups excluding carboxylic acids is 2. The number of esters is 1. The molecule has 0 aromatic heterocycles. The van der Waals surface area contributed by atoms with Gasteiger partial charge in [0.1, 0.15) is 5.75 Å². The second-order valence-electron chi connectivity index (χ2n) is 5.77. The van der Waals surface area contributed by atoms with Crippen LogP contribution in [0.25, 0.3) is 0 Å². The van der Waals surface area contributed by atoms with Gasteiger partial charge in [-0.2, -0.15) is 0 Å². The first-order valence-electron chi connectivity index (χ1n) is 8.19. The molecule has 1 amide bonds. The van der Waals surface area contributed by atoms with Crippen LogP contribution in [-0.4, -0.2) is 49.1 Å². The van der Waals surface area contributed by atoms with Gasteiger partial charge in [-0.05, 0) is 31.9 Å². The topological polar surface area (TPSA) is 93.9 Å². The van der Waals surface area contributed by atoms with Crippen LogP contribution in [-0.2, 0) is 14.3 Å². The number of hydrogen-bond acceptors (Lipinski definition) is 6. The number of nitrogens with zero attached hydrogens (tertiary/aromatic N) is 1. The van der Waals surface area contributed by atoms with Crippen LogP contribution < -0.4 is 15.8 Å². The zero-order chi connectivity index (χ0) is 17.5. The number of nitrogens with one attached hydrogen (secondary N) is 1. The summed E-state index contributed by atoms with van der Waals surface area (Å²) in [6.07, 6.45) is 1.74. The van der Waals surface area contributed by atoms with E-state index in [1.807, 2.05) is 4.90 Å². The summed E-state index contributed by atoms with van der Waals surface area (Å²) in [6.45, 7) is 5.03. The smallest absolute Gasteiger partial charge is 0.344 e. The summed E-state index contributed by atoms with van der Waals surface area (Å²) in [4.78, 5) is 24.6. The molecule has 1 heterocycles. The van der Waals surface area contributed by atoms with E-state index >= 15 is 0 Å². The van der Waals surface area contributed by atoms with E-state index in [-0.39, 0.29) is 18.6 Å². The Kier molecular flexibility index (Phi) is 6.28. The van der Waals surface area contributed by atoms with Gasteiger partial charge in [-0.15, -0.1) is 0 Å². The normalized spacial score (nSPS) is 15.0. The van der Waals surface area contributed by atoms with Gasteiger partial charge in [-0.3, -0.25) is 4.79 Å². The van der Waals surface area contributed by atoms with Gasteiger partial charge in [0, 0.05) is 32.1 Å². The number of amides is 1. The number of anilines is 2. The summed E-state index contributed by atoms with van der Waals surface area (Å²) in [6, 6.07) is 5.50. The van der Waals surface area contributed by atoms with Gasteiger partial charge in [0.25, 0.3) is 0 Å². The number of nitrogens with two attached hydrogens (primary N) is 1. The molecule has 24 heavy (non-hydrogen) atoms. The van der Waals surface area contributed by atoms with Crippen LogP contribution in [0.15, 0.2) is 18.2 Å². The molecule has 3 N–H and O–H groups in total. The number of ether oxygens (including phenoxy) is 2. The fraction of sp³-hybridized carbons (Fsp3) is 0.529. The van der Waals surface area contributed by atoms with Gasteiger partial charge in [0.05, 0.1) is 18.0 Å². The molecular formula is C17H25N3O4. The molecule has 1 aliphatic rings. The fourth-order valence-corrected chi connectivity index (χ4v) is 2.65. The number of hydrogen-bond donors (Lipinski definition) is 2. The number of nitrogen functional groups attached to an aromatic ring is 1. The summed E-state index contributed by atoms with van der Waals surface area (Å²) in [5.74, 6) is 0.267. The lowest BCUT2D eigenvalue weighted by Gasteiger charge is -2.32. The maximum atomic E-state index is 11.4. The van der Waals surface area contributed by atoms with Crippen LogP contribution in [0.5, 0.6) is 5.75 Å². The molecule has 0 saturated carbocycles. The summed E-state index contributed by atoms with van der Waals surface area (Å²) in [5.41, 5.74) is 7.41. The Bertz CT molecular complexity index is 583. The minimum absolute atomic E-state index is 0.113. The van der Waals surface area contributed by atoms with Crippen molar-refractivity contribution in [3.05, 3.63) is 18.2 Å². The van der Waals surface area contributed by atoms with Crippen molar-refractivity contribution in [3.63, 3.8) is 0 Å². The van der Waals surface area contributed by atoms with Crippen LogP contribution in [0.3, 0.4) is 0 Å². The summed E-state index contributed by atoms with van der Waals surface area (Å²) in [7, 11) is 0. The van der Waals surface area contributed by atoms with Crippen molar-refractivity contribution >= 4 is 23.3 Å². The van der Waals surface area contributed by atoms with Gasteiger partial charge in [0.2, 0.25) is 5.91 Å². The van der Waals surface area contributed by atoms with E-state index in [0.717, 1.165) is 31.6 Å². The molecule has 7 heteroatoms. The summed E-state index contributed by atoms with van der Waals surface area (Å²) >= 11 is 0. The molecule has 0 bridgehead atoms. The van der Waals surface area contributed by atoms with Gasteiger partial charge in [-0.25, -0.2) is 4.79 Å². The van der Waals surface area contributed by atoms with E-state index in [9.17, 15) is 9.59 Å². The molecule has 1 saturated heterocycles. The number of rotatable bonds is 6. The van der Waals surface area contributed by atoms with Crippen molar-refractivity contribution in [1.29, 1.82) is 0 Å². The summed E-state index contributed by atoms with van der Waals surface area (Å²) in [5, 5.41) is 3.40. The molecular weight excluding hydrogens is 310 g/mol. The van der Waals surface area contributed by atoms with Gasteiger partial charge in [-0.1, -0.05) is 0 Å². The molecule has 0 spiro atoms. The van der Waals surface area contributed by atoms with Crippen LogP contribution >= 0.6 is 0 Å². The first-order valence-corrected chi connectivity index (χ1v) is 8.19. The van der Waals surface area contributed by atoms with Gasteiger partial charge in [0.15, 0.2) is 6.61 Å². The second kappa shape index (κ2) is 8.42. The minimum atomic E-state index is -0.402. The van der Waals surface area contributed by atoms with Crippen LogP contribution in [0.1, 0.15) is 26.7 Å². The monoisotopic (exact) mass is 335 g/mol. The molecule has 0 radical (unpaired) electrons. The van der Waals surface area contributed by atoms with E-state index in [2.05, 4.69) is 5.32 Å². The molecule has 0 unspecified atom stereocenters. The van der Waals surface area contributed by atoms with Crippen molar-refractivity contribution < 1.29 is 19.1 Å². The zero-order valence-electron chi connectivity index (χ0n) is 14.2. The van der Waals surface area contributed by atoms with E-state index in [4.69, 9.17) is 15.2 Å². The Balaban J connectivity index is 1.92. The third kappa shape index (κ3) is 5.04. The summed E-state index contributed by atoms with van der Waals surface area (Å²) < 4.78 is 10.3. The van der Waals surface area contributed by atoms with Crippen LogP contribution in [0.4, 0.5) is 11.4 Å². The predicted molar refractivity (Wildman–Crippen MR) is 91.9 cm³/mol. The first-order chi connectivity index (χ1) is 11.5. The predicted octanol–water partition coefficient (Wildman–Crippen LogP) is 1.63. The lowest BCUT2D eigenvalue weighted by molar-refractivity contribution is -0.145. The molecule has 2 rings (SSSR count). The van der Waals surface area contributed by atoms with E-state index in [0.29, 0.717) is 18.0 Å². The molecule has 0 atom stereocenters. The fourth-order valence-electron chi connectivity index (χ4n) is 2.65. The van der Waals surface area contributed by atoms with Crippen molar-refractivity contribution in [2.24, 2.45) is 0 Å². The highest BCUT2D eigenvalue weighted by atomic mass is 16.6. The van der Waals surface area contributed by atoms with Crippen LogP contribution in [0.2, 0.25) is 0 Å². The third-order valence-electron chi connectivity index (χ3n) is 3.99. The van der Waals surface area contributed by atoms with Crippen molar-refractivity contribution in [2.75, 3.05) is 37.4 Å². The quantitative estimate of drug-likeness (QED) is 0.606. The highest BCUT2D eigenvalue weighted by Crippen LogP contribution is 2.27. The average molecular weight is 335 g/mol. The minimum Gasteiger partial charge on any atom is -0.482 e. The lowest BCUT2D eigenvalue weighted by atomic mass is 10.0. The molecule has 0 aliphatic carbocycles. The van der Waals surface area contributed by atoms with Gasteiger partial charge >= 0.3 is 5.97 Å². The Labute approximate surface area is 142 Å². The number of piperidine rings is 1. The van der Waals surface area contributed by atoms with Gasteiger partial charge < -0.3 is 25.4 Å². The van der Waals surface area contributed by atoms with E-state index in [1.54, 1.807) is 32.0 Å². The number of carbonyl (C=O) groups is 2. The Hall–Kier alpha value is -2.44. The maximum absolute atomic E-state index is 11.4. The zero-order valence-corrected chi connectivity index (χ0v) is 14.2. The first kappa shape index (κ1) is 17.9.